The topological polar surface area (TPSA) is 88.3 Å². The molecule has 2 heterocycles. The molecule has 0 amide bonds. The second kappa shape index (κ2) is 3.67. The van der Waals surface area contributed by atoms with E-state index in [-0.39, 0.29) is 5.41 Å². The molecule has 1 aromatic rings. The average molecular weight is 210 g/mol. The third-order valence-electron chi connectivity index (χ3n) is 2.89. The van der Waals surface area contributed by atoms with Crippen molar-refractivity contribution in [2.75, 3.05) is 13.2 Å². The summed E-state index contributed by atoms with van der Waals surface area (Å²) in [7, 11) is 0. The van der Waals surface area contributed by atoms with Crippen molar-refractivity contribution in [3.63, 3.8) is 0 Å². The van der Waals surface area contributed by atoms with E-state index in [4.69, 9.17) is 15.6 Å². The highest BCUT2D eigenvalue weighted by atomic mass is 16.5. The van der Waals surface area contributed by atoms with E-state index in [2.05, 4.69) is 4.98 Å². The molecule has 2 rings (SSSR count). The van der Waals surface area contributed by atoms with Crippen molar-refractivity contribution in [2.45, 2.75) is 17.9 Å². The monoisotopic (exact) mass is 210 g/mol. The highest BCUT2D eigenvalue weighted by Crippen LogP contribution is 2.36. The Bertz CT molecular complexity index is 344. The van der Waals surface area contributed by atoms with Crippen molar-refractivity contribution < 1.29 is 14.6 Å². The summed E-state index contributed by atoms with van der Waals surface area (Å²) in [6, 6.07) is 1.11. The van der Waals surface area contributed by atoms with Crippen molar-refractivity contribution >= 4 is 5.97 Å². The van der Waals surface area contributed by atoms with Crippen LogP contribution in [0.2, 0.25) is 0 Å². The van der Waals surface area contributed by atoms with E-state index >= 15 is 0 Å². The van der Waals surface area contributed by atoms with Gasteiger partial charge in [0.2, 0.25) is 0 Å². The van der Waals surface area contributed by atoms with Gasteiger partial charge >= 0.3 is 5.97 Å². The number of ether oxygens (including phenoxy) is 1. The molecule has 1 aliphatic heterocycles. The molecule has 1 aliphatic rings. The molecule has 0 radical (unpaired) electrons. The van der Waals surface area contributed by atoms with Crippen LogP contribution in [0.15, 0.2) is 18.5 Å². The van der Waals surface area contributed by atoms with Crippen molar-refractivity contribution in [1.82, 2.24) is 4.98 Å². The lowest BCUT2D eigenvalue weighted by molar-refractivity contribution is -0.141. The molecule has 1 atom stereocenters. The summed E-state index contributed by atoms with van der Waals surface area (Å²) in [6.45, 7) is 1.09. The second-order valence-corrected chi connectivity index (χ2v) is 4.02. The molecule has 0 aliphatic carbocycles. The zero-order valence-corrected chi connectivity index (χ0v) is 8.27. The van der Waals surface area contributed by atoms with E-state index < -0.39 is 12.0 Å². The molecule has 1 saturated heterocycles. The number of carboxylic acid groups (broad SMARTS) is 1. The number of hydrogen-bond donors (Lipinski definition) is 3. The van der Waals surface area contributed by atoms with Gasteiger partial charge in [0.15, 0.2) is 0 Å². The van der Waals surface area contributed by atoms with Crippen LogP contribution in [0.3, 0.4) is 0 Å². The molecule has 1 aromatic heterocycles. The van der Waals surface area contributed by atoms with E-state index in [1.807, 2.05) is 18.5 Å². The van der Waals surface area contributed by atoms with Crippen LogP contribution in [-0.4, -0.2) is 35.3 Å². The molecule has 15 heavy (non-hydrogen) atoms. The third-order valence-corrected chi connectivity index (χ3v) is 2.89. The summed E-state index contributed by atoms with van der Waals surface area (Å²) in [4.78, 5) is 13.7. The summed E-state index contributed by atoms with van der Waals surface area (Å²) < 4.78 is 5.18. The Morgan fingerprint density at radius 2 is 2.47 bits per heavy atom. The second-order valence-electron chi connectivity index (χ2n) is 4.02. The smallest absolute Gasteiger partial charge is 0.320 e. The number of carboxylic acids is 1. The minimum absolute atomic E-state index is 0.211. The van der Waals surface area contributed by atoms with Gasteiger partial charge in [-0.25, -0.2) is 0 Å². The third kappa shape index (κ3) is 1.75. The van der Waals surface area contributed by atoms with E-state index in [1.54, 1.807) is 0 Å². The maximum absolute atomic E-state index is 10.7. The van der Waals surface area contributed by atoms with Gasteiger partial charge in [-0.3, -0.25) is 4.79 Å². The fourth-order valence-electron chi connectivity index (χ4n) is 1.91. The Hall–Kier alpha value is -1.33. The number of nitrogens with one attached hydrogen (secondary N) is 1. The minimum atomic E-state index is -0.961. The van der Waals surface area contributed by atoms with Crippen LogP contribution in [0, 0.1) is 0 Å². The van der Waals surface area contributed by atoms with E-state index in [0.717, 1.165) is 5.56 Å². The Balaban J connectivity index is 2.13. The predicted molar refractivity (Wildman–Crippen MR) is 53.5 cm³/mol. The predicted octanol–water partition coefficient (Wildman–Crippen LogP) is 0.0847. The molecule has 0 aromatic carbocycles. The van der Waals surface area contributed by atoms with Crippen molar-refractivity contribution in [3.8, 4) is 0 Å². The zero-order chi connectivity index (χ0) is 10.9. The summed E-state index contributed by atoms with van der Waals surface area (Å²) in [6.07, 6.45) is 4.11. The first-order chi connectivity index (χ1) is 7.14. The normalized spacial score (nSPS) is 20.6. The minimum Gasteiger partial charge on any atom is -0.480 e. The molecular weight excluding hydrogens is 196 g/mol. The van der Waals surface area contributed by atoms with E-state index in [0.29, 0.717) is 19.6 Å². The number of aromatic nitrogens is 1. The van der Waals surface area contributed by atoms with Crippen LogP contribution in [-0.2, 0) is 14.9 Å². The maximum atomic E-state index is 10.7. The highest BCUT2D eigenvalue weighted by molar-refractivity contribution is 5.73. The fraction of sp³-hybridized carbons (Fsp3) is 0.500. The lowest BCUT2D eigenvalue weighted by Crippen LogP contribution is -2.51. The molecule has 5 nitrogen and oxygen atoms in total. The van der Waals surface area contributed by atoms with E-state index in [9.17, 15) is 4.79 Å². The fourth-order valence-corrected chi connectivity index (χ4v) is 1.91. The molecule has 1 unspecified atom stereocenters. The number of H-pyrrole nitrogens is 1. The Kier molecular flexibility index (Phi) is 2.50. The number of aliphatic carboxylic acids is 1. The van der Waals surface area contributed by atoms with Gasteiger partial charge in [-0.15, -0.1) is 0 Å². The van der Waals surface area contributed by atoms with Gasteiger partial charge < -0.3 is 20.6 Å². The molecular formula is C10H14N2O3. The van der Waals surface area contributed by atoms with Crippen molar-refractivity contribution in [3.05, 3.63) is 24.0 Å². The largest absolute Gasteiger partial charge is 0.480 e. The summed E-state index contributed by atoms with van der Waals surface area (Å²) in [5.74, 6) is -0.961. The molecule has 4 N–H and O–H groups in total. The number of nitrogens with two attached hydrogens (primary N) is 1. The van der Waals surface area contributed by atoms with Crippen LogP contribution in [0.25, 0.3) is 0 Å². The van der Waals surface area contributed by atoms with Gasteiger partial charge in [-0.2, -0.15) is 0 Å². The van der Waals surface area contributed by atoms with Gasteiger partial charge in [0.1, 0.15) is 6.04 Å². The van der Waals surface area contributed by atoms with Gasteiger partial charge in [-0.05, 0) is 18.1 Å². The quantitative estimate of drug-likeness (QED) is 0.657. The summed E-state index contributed by atoms with van der Waals surface area (Å²) >= 11 is 0. The SMILES string of the molecule is NC(CC1(c2cc[nH]c2)COC1)C(=O)O. The maximum Gasteiger partial charge on any atom is 0.320 e. The Labute approximate surface area is 87.2 Å². The van der Waals surface area contributed by atoms with Crippen molar-refractivity contribution in [1.29, 1.82) is 0 Å². The standard InChI is InChI=1S/C10H14N2O3/c11-8(9(13)14)3-10(5-15-6-10)7-1-2-12-4-7/h1-2,4,8,12H,3,5-6,11H2,(H,13,14). The Morgan fingerprint density at radius 1 is 1.73 bits per heavy atom. The molecule has 0 saturated carbocycles. The highest BCUT2D eigenvalue weighted by Gasteiger charge is 2.43. The van der Waals surface area contributed by atoms with Crippen LogP contribution < -0.4 is 5.73 Å². The molecule has 82 valence electrons. The van der Waals surface area contributed by atoms with Crippen LogP contribution in [0.1, 0.15) is 12.0 Å². The first kappa shape index (κ1) is 10.2. The number of carbonyl (C=O) groups is 1. The molecule has 0 bridgehead atoms. The number of aromatic amines is 1. The first-order valence-corrected chi connectivity index (χ1v) is 4.83. The zero-order valence-electron chi connectivity index (χ0n) is 8.27. The number of rotatable bonds is 4. The molecule has 5 heteroatoms. The van der Waals surface area contributed by atoms with Crippen LogP contribution in [0.4, 0.5) is 0 Å². The van der Waals surface area contributed by atoms with Crippen LogP contribution in [0.5, 0.6) is 0 Å². The Morgan fingerprint density at radius 3 is 2.87 bits per heavy atom. The first-order valence-electron chi connectivity index (χ1n) is 4.83. The van der Waals surface area contributed by atoms with Gasteiger partial charge in [0.05, 0.1) is 13.2 Å². The van der Waals surface area contributed by atoms with Crippen molar-refractivity contribution in [2.24, 2.45) is 5.73 Å². The number of hydrogen-bond acceptors (Lipinski definition) is 3. The van der Waals surface area contributed by atoms with Crippen LogP contribution >= 0.6 is 0 Å². The van der Waals surface area contributed by atoms with Gasteiger partial charge in [0, 0.05) is 17.8 Å². The lowest BCUT2D eigenvalue weighted by Gasteiger charge is -2.42. The molecule has 1 fully saturated rings. The summed E-state index contributed by atoms with van der Waals surface area (Å²) in [5.41, 5.74) is 6.42. The average Bonchev–Trinajstić information content (AvgIpc) is 2.63. The lowest BCUT2D eigenvalue weighted by atomic mass is 9.75. The van der Waals surface area contributed by atoms with E-state index in [1.165, 1.54) is 0 Å². The van der Waals surface area contributed by atoms with Gasteiger partial charge in [0.25, 0.3) is 0 Å². The molecule has 0 spiro atoms. The summed E-state index contributed by atoms with van der Waals surface area (Å²) in [5, 5.41) is 8.79. The van der Waals surface area contributed by atoms with Gasteiger partial charge in [-0.1, -0.05) is 0 Å².